The van der Waals surface area contributed by atoms with Gasteiger partial charge in [0.25, 0.3) is 5.91 Å². The van der Waals surface area contributed by atoms with Gasteiger partial charge in [-0.25, -0.2) is 0 Å². The second-order valence-electron chi connectivity index (χ2n) is 7.57. The zero-order valence-corrected chi connectivity index (χ0v) is 18.5. The van der Waals surface area contributed by atoms with Gasteiger partial charge in [0.2, 0.25) is 5.91 Å². The van der Waals surface area contributed by atoms with Crippen molar-refractivity contribution in [1.82, 2.24) is 26.2 Å². The molecule has 166 valence electrons. The second-order valence-corrected chi connectivity index (χ2v) is 7.57. The van der Waals surface area contributed by atoms with E-state index in [1.165, 1.54) is 0 Å². The van der Waals surface area contributed by atoms with Gasteiger partial charge in [-0.1, -0.05) is 19.1 Å². The van der Waals surface area contributed by atoms with E-state index in [9.17, 15) is 9.59 Å². The Morgan fingerprint density at radius 3 is 2.60 bits per heavy atom. The SMILES string of the molecule is CCCNC(=O)CN1CCC(NC(=NC)NCCc2cccc(C(=O)NC)c2)CC1. The lowest BCUT2D eigenvalue weighted by atomic mass is 10.1. The van der Waals surface area contributed by atoms with Crippen molar-refractivity contribution in [3.63, 3.8) is 0 Å². The van der Waals surface area contributed by atoms with Gasteiger partial charge >= 0.3 is 0 Å². The summed E-state index contributed by atoms with van der Waals surface area (Å²) in [6, 6.07) is 8.02. The third-order valence-electron chi connectivity index (χ3n) is 5.21. The average molecular weight is 417 g/mol. The maximum atomic E-state index is 11.9. The monoisotopic (exact) mass is 416 g/mol. The van der Waals surface area contributed by atoms with E-state index in [-0.39, 0.29) is 11.8 Å². The zero-order chi connectivity index (χ0) is 21.8. The Morgan fingerprint density at radius 1 is 1.17 bits per heavy atom. The van der Waals surface area contributed by atoms with Crippen LogP contribution in [0, 0.1) is 0 Å². The molecule has 1 saturated heterocycles. The van der Waals surface area contributed by atoms with Crippen molar-refractivity contribution in [2.45, 2.75) is 38.6 Å². The summed E-state index contributed by atoms with van der Waals surface area (Å²) in [5.74, 6) is 0.828. The Labute approximate surface area is 179 Å². The van der Waals surface area contributed by atoms with Crippen LogP contribution in [-0.2, 0) is 11.2 Å². The van der Waals surface area contributed by atoms with Crippen molar-refractivity contribution in [3.8, 4) is 0 Å². The maximum absolute atomic E-state index is 11.9. The van der Waals surface area contributed by atoms with E-state index in [4.69, 9.17) is 0 Å². The van der Waals surface area contributed by atoms with Crippen molar-refractivity contribution in [2.24, 2.45) is 4.99 Å². The first-order valence-electron chi connectivity index (χ1n) is 10.8. The normalized spacial score (nSPS) is 15.5. The number of nitrogens with zero attached hydrogens (tertiary/aromatic N) is 2. The topological polar surface area (TPSA) is 97.9 Å². The lowest BCUT2D eigenvalue weighted by molar-refractivity contribution is -0.122. The number of aliphatic imine (C=N–C) groups is 1. The zero-order valence-electron chi connectivity index (χ0n) is 18.5. The molecule has 30 heavy (non-hydrogen) atoms. The molecule has 0 unspecified atom stereocenters. The summed E-state index contributed by atoms with van der Waals surface area (Å²) in [4.78, 5) is 30.2. The van der Waals surface area contributed by atoms with Gasteiger partial charge in [0, 0.05) is 51.9 Å². The maximum Gasteiger partial charge on any atom is 0.251 e. The molecule has 0 bridgehead atoms. The number of rotatable bonds is 9. The number of piperidine rings is 1. The predicted molar refractivity (Wildman–Crippen MR) is 121 cm³/mol. The third kappa shape index (κ3) is 8.02. The van der Waals surface area contributed by atoms with E-state index in [1.807, 2.05) is 24.3 Å². The lowest BCUT2D eigenvalue weighted by Gasteiger charge is -2.32. The number of nitrogens with one attached hydrogen (secondary N) is 4. The molecule has 0 radical (unpaired) electrons. The van der Waals surface area contributed by atoms with Crippen molar-refractivity contribution in [1.29, 1.82) is 0 Å². The van der Waals surface area contributed by atoms with Crippen molar-refractivity contribution in [2.75, 3.05) is 46.8 Å². The van der Waals surface area contributed by atoms with Gasteiger partial charge in [-0.3, -0.25) is 19.5 Å². The number of carbonyl (C=O) groups excluding carboxylic acids is 2. The van der Waals surface area contributed by atoms with Gasteiger partial charge < -0.3 is 21.3 Å². The fraction of sp³-hybridized carbons (Fsp3) is 0.591. The molecule has 1 aromatic carbocycles. The molecular formula is C22H36N6O2. The molecule has 0 atom stereocenters. The fourth-order valence-corrected chi connectivity index (χ4v) is 3.48. The number of benzene rings is 1. The molecule has 1 aromatic rings. The van der Waals surface area contributed by atoms with Gasteiger partial charge in [-0.2, -0.15) is 0 Å². The molecule has 2 amide bonds. The highest BCUT2D eigenvalue weighted by molar-refractivity contribution is 5.94. The number of guanidine groups is 1. The Hall–Kier alpha value is -2.61. The molecule has 1 aliphatic rings. The van der Waals surface area contributed by atoms with Crippen molar-refractivity contribution >= 4 is 17.8 Å². The van der Waals surface area contributed by atoms with Crippen LogP contribution in [-0.4, -0.2) is 75.5 Å². The average Bonchev–Trinajstić information content (AvgIpc) is 2.77. The molecule has 1 aliphatic heterocycles. The summed E-state index contributed by atoms with van der Waals surface area (Å²) < 4.78 is 0. The second kappa shape index (κ2) is 12.8. The van der Waals surface area contributed by atoms with E-state index in [2.05, 4.69) is 38.1 Å². The smallest absolute Gasteiger partial charge is 0.251 e. The van der Waals surface area contributed by atoms with Gasteiger partial charge in [0.15, 0.2) is 5.96 Å². The fourth-order valence-electron chi connectivity index (χ4n) is 3.48. The summed E-state index contributed by atoms with van der Waals surface area (Å²) in [6.07, 6.45) is 3.73. The van der Waals surface area contributed by atoms with Crippen LogP contribution in [0.5, 0.6) is 0 Å². The van der Waals surface area contributed by atoms with Crippen LogP contribution in [0.1, 0.15) is 42.1 Å². The largest absolute Gasteiger partial charge is 0.356 e. The minimum Gasteiger partial charge on any atom is -0.356 e. The van der Waals surface area contributed by atoms with E-state index < -0.39 is 0 Å². The third-order valence-corrected chi connectivity index (χ3v) is 5.21. The van der Waals surface area contributed by atoms with Crippen LogP contribution < -0.4 is 21.3 Å². The van der Waals surface area contributed by atoms with Crippen molar-refractivity contribution < 1.29 is 9.59 Å². The standard InChI is InChI=1S/C22H36N6O2/c1-4-11-25-20(29)16-28-13-9-19(10-14-28)27-22(24-3)26-12-8-17-6-5-7-18(15-17)21(30)23-2/h5-7,15,19H,4,8-14,16H2,1-3H3,(H,23,30)(H,25,29)(H2,24,26,27). The quantitative estimate of drug-likeness (QED) is 0.352. The number of hydrogen-bond acceptors (Lipinski definition) is 4. The summed E-state index contributed by atoms with van der Waals surface area (Å²) >= 11 is 0. The minimum absolute atomic E-state index is 0.0727. The molecule has 0 aliphatic carbocycles. The Morgan fingerprint density at radius 2 is 1.93 bits per heavy atom. The Bertz CT molecular complexity index is 713. The van der Waals surface area contributed by atoms with Crippen LogP contribution in [0.25, 0.3) is 0 Å². The van der Waals surface area contributed by atoms with Gasteiger partial charge in [-0.05, 0) is 43.4 Å². The molecule has 2 rings (SSSR count). The van der Waals surface area contributed by atoms with Crippen molar-refractivity contribution in [3.05, 3.63) is 35.4 Å². The van der Waals surface area contributed by atoms with Crippen LogP contribution >= 0.6 is 0 Å². The molecule has 1 heterocycles. The minimum atomic E-state index is -0.0727. The first-order valence-corrected chi connectivity index (χ1v) is 10.8. The summed E-state index contributed by atoms with van der Waals surface area (Å²) in [5, 5.41) is 12.4. The molecule has 0 aromatic heterocycles. The van der Waals surface area contributed by atoms with E-state index in [0.29, 0.717) is 18.2 Å². The van der Waals surface area contributed by atoms with Gasteiger partial charge in [0.1, 0.15) is 0 Å². The Kier molecular flexibility index (Phi) is 10.1. The number of amides is 2. The predicted octanol–water partition coefficient (Wildman–Crippen LogP) is 0.744. The van der Waals surface area contributed by atoms with Gasteiger partial charge in [0.05, 0.1) is 6.54 Å². The molecule has 4 N–H and O–H groups in total. The van der Waals surface area contributed by atoms with E-state index in [1.54, 1.807) is 14.1 Å². The van der Waals surface area contributed by atoms with Crippen LogP contribution in [0.4, 0.5) is 0 Å². The lowest BCUT2D eigenvalue weighted by Crippen LogP contribution is -2.50. The van der Waals surface area contributed by atoms with Crippen LogP contribution in [0.2, 0.25) is 0 Å². The first kappa shape index (κ1) is 23.7. The molecular weight excluding hydrogens is 380 g/mol. The highest BCUT2D eigenvalue weighted by Crippen LogP contribution is 2.10. The molecule has 8 nitrogen and oxygen atoms in total. The Balaban J connectivity index is 1.70. The van der Waals surface area contributed by atoms with Crippen LogP contribution in [0.15, 0.2) is 29.3 Å². The van der Waals surface area contributed by atoms with Crippen LogP contribution in [0.3, 0.4) is 0 Å². The first-order chi connectivity index (χ1) is 14.5. The highest BCUT2D eigenvalue weighted by atomic mass is 16.2. The molecule has 1 fully saturated rings. The molecule has 0 spiro atoms. The molecule has 0 saturated carbocycles. The number of carbonyl (C=O) groups is 2. The summed E-state index contributed by atoms with van der Waals surface area (Å²) in [6.45, 7) is 5.82. The number of hydrogen-bond donors (Lipinski definition) is 4. The number of likely N-dealkylation sites (tertiary alicyclic amines) is 1. The van der Waals surface area contributed by atoms with E-state index >= 15 is 0 Å². The molecule has 8 heteroatoms. The summed E-state index contributed by atoms with van der Waals surface area (Å²) in [7, 11) is 3.41. The highest BCUT2D eigenvalue weighted by Gasteiger charge is 2.21. The summed E-state index contributed by atoms with van der Waals surface area (Å²) in [5.41, 5.74) is 1.78. The van der Waals surface area contributed by atoms with Gasteiger partial charge in [-0.15, -0.1) is 0 Å². The van der Waals surface area contributed by atoms with E-state index in [0.717, 1.165) is 63.4 Å².